The van der Waals surface area contributed by atoms with Gasteiger partial charge in [0.25, 0.3) is 0 Å². The highest BCUT2D eigenvalue weighted by Gasteiger charge is 2.42. The summed E-state index contributed by atoms with van der Waals surface area (Å²) in [4.78, 5) is 12.9. The molecule has 24 heavy (non-hydrogen) atoms. The number of hydrogen-bond donors (Lipinski definition) is 2. The zero-order chi connectivity index (χ0) is 17.0. The van der Waals surface area contributed by atoms with E-state index in [1.807, 2.05) is 54.6 Å². The lowest BCUT2D eigenvalue weighted by Crippen LogP contribution is -2.44. The van der Waals surface area contributed by atoms with E-state index in [4.69, 9.17) is 11.6 Å². The average molecular weight is 344 g/mol. The van der Waals surface area contributed by atoms with Crippen molar-refractivity contribution in [3.8, 4) is 0 Å². The van der Waals surface area contributed by atoms with Gasteiger partial charge >= 0.3 is 0 Å². The third-order valence-electron chi connectivity index (χ3n) is 4.93. The maximum atomic E-state index is 12.9. The second kappa shape index (κ2) is 7.37. The minimum absolute atomic E-state index is 0.00250. The molecule has 126 valence electrons. The zero-order valence-electron chi connectivity index (χ0n) is 13.5. The van der Waals surface area contributed by atoms with Gasteiger partial charge in [0.05, 0.1) is 11.5 Å². The van der Waals surface area contributed by atoms with E-state index in [1.165, 1.54) is 0 Å². The Morgan fingerprint density at radius 3 is 2.33 bits per heavy atom. The van der Waals surface area contributed by atoms with Gasteiger partial charge in [0.2, 0.25) is 5.91 Å². The SMILES string of the molecule is O=C(NCC(O)c1ccccc1)C1(c2ccc(Cl)cc2)CCCC1. The molecule has 0 saturated heterocycles. The summed E-state index contributed by atoms with van der Waals surface area (Å²) in [5.41, 5.74) is 1.32. The second-order valence-electron chi connectivity index (χ2n) is 6.43. The molecule has 0 bridgehead atoms. The largest absolute Gasteiger partial charge is 0.387 e. The molecular weight excluding hydrogens is 322 g/mol. The van der Waals surface area contributed by atoms with Gasteiger partial charge in [-0.15, -0.1) is 0 Å². The van der Waals surface area contributed by atoms with Crippen LogP contribution in [0.15, 0.2) is 54.6 Å². The van der Waals surface area contributed by atoms with Crippen LogP contribution in [-0.2, 0) is 10.2 Å². The maximum absolute atomic E-state index is 12.9. The molecule has 1 aliphatic carbocycles. The number of aliphatic hydroxyl groups excluding tert-OH is 1. The van der Waals surface area contributed by atoms with Crippen molar-refractivity contribution in [3.63, 3.8) is 0 Å². The molecule has 0 aliphatic heterocycles. The van der Waals surface area contributed by atoms with Crippen LogP contribution in [0.5, 0.6) is 0 Å². The van der Waals surface area contributed by atoms with Crippen LogP contribution in [0.1, 0.15) is 42.9 Å². The fourth-order valence-electron chi connectivity index (χ4n) is 3.55. The van der Waals surface area contributed by atoms with Crippen molar-refractivity contribution >= 4 is 17.5 Å². The third kappa shape index (κ3) is 3.47. The number of carbonyl (C=O) groups excluding carboxylic acids is 1. The second-order valence-corrected chi connectivity index (χ2v) is 6.87. The summed E-state index contributed by atoms with van der Waals surface area (Å²) in [6.07, 6.45) is 3.05. The first-order chi connectivity index (χ1) is 11.6. The van der Waals surface area contributed by atoms with Crippen LogP contribution in [0.2, 0.25) is 5.02 Å². The molecule has 1 aliphatic rings. The van der Waals surface area contributed by atoms with E-state index in [2.05, 4.69) is 5.32 Å². The maximum Gasteiger partial charge on any atom is 0.230 e. The van der Waals surface area contributed by atoms with Crippen molar-refractivity contribution in [3.05, 3.63) is 70.7 Å². The topological polar surface area (TPSA) is 49.3 Å². The predicted molar refractivity (Wildman–Crippen MR) is 96.0 cm³/mol. The molecular formula is C20H22ClNO2. The van der Waals surface area contributed by atoms with Crippen LogP contribution in [0.4, 0.5) is 0 Å². The number of benzene rings is 2. The Morgan fingerprint density at radius 1 is 1.08 bits per heavy atom. The Bertz CT molecular complexity index is 679. The molecule has 1 fully saturated rings. The zero-order valence-corrected chi connectivity index (χ0v) is 14.3. The van der Waals surface area contributed by atoms with E-state index in [1.54, 1.807) is 0 Å². The smallest absolute Gasteiger partial charge is 0.230 e. The summed E-state index contributed by atoms with van der Waals surface area (Å²) in [6.45, 7) is 0.220. The standard InChI is InChI=1S/C20H22ClNO2/c21-17-10-8-16(9-11-17)20(12-4-5-13-20)19(24)22-14-18(23)15-6-2-1-3-7-15/h1-3,6-11,18,23H,4-5,12-14H2,(H,22,24). The summed E-state index contributed by atoms with van der Waals surface area (Å²) < 4.78 is 0. The number of aliphatic hydroxyl groups is 1. The van der Waals surface area contributed by atoms with E-state index in [-0.39, 0.29) is 12.5 Å². The van der Waals surface area contributed by atoms with E-state index >= 15 is 0 Å². The van der Waals surface area contributed by atoms with Gasteiger partial charge < -0.3 is 10.4 Å². The van der Waals surface area contributed by atoms with Gasteiger partial charge in [0.15, 0.2) is 0 Å². The van der Waals surface area contributed by atoms with Gasteiger partial charge in [0, 0.05) is 11.6 Å². The summed E-state index contributed by atoms with van der Waals surface area (Å²) in [5.74, 6) is -0.00250. The molecule has 3 rings (SSSR count). The average Bonchev–Trinajstić information content (AvgIpc) is 3.12. The summed E-state index contributed by atoms with van der Waals surface area (Å²) in [5, 5.41) is 13.9. The van der Waals surface area contributed by atoms with Gasteiger partial charge in [-0.25, -0.2) is 0 Å². The normalized spacial score (nSPS) is 17.4. The minimum atomic E-state index is -0.696. The molecule has 4 heteroatoms. The highest BCUT2D eigenvalue weighted by atomic mass is 35.5. The molecule has 1 amide bonds. The number of rotatable bonds is 5. The van der Waals surface area contributed by atoms with Crippen molar-refractivity contribution in [1.29, 1.82) is 0 Å². The van der Waals surface area contributed by atoms with E-state index < -0.39 is 11.5 Å². The van der Waals surface area contributed by atoms with Crippen LogP contribution < -0.4 is 5.32 Å². The lowest BCUT2D eigenvalue weighted by atomic mass is 9.78. The Hall–Kier alpha value is -1.84. The fraction of sp³-hybridized carbons (Fsp3) is 0.350. The molecule has 0 spiro atoms. The molecule has 1 saturated carbocycles. The Labute approximate surface area is 147 Å². The van der Waals surface area contributed by atoms with Crippen LogP contribution in [0.25, 0.3) is 0 Å². The molecule has 2 aromatic carbocycles. The monoisotopic (exact) mass is 343 g/mol. The van der Waals surface area contributed by atoms with Gasteiger partial charge in [0.1, 0.15) is 0 Å². The van der Waals surface area contributed by atoms with Gasteiger partial charge in [-0.2, -0.15) is 0 Å². The van der Waals surface area contributed by atoms with Crippen molar-refractivity contribution in [2.24, 2.45) is 0 Å². The molecule has 0 radical (unpaired) electrons. The van der Waals surface area contributed by atoms with E-state index in [0.717, 1.165) is 36.8 Å². The lowest BCUT2D eigenvalue weighted by molar-refractivity contribution is -0.127. The van der Waals surface area contributed by atoms with Crippen molar-refractivity contribution < 1.29 is 9.90 Å². The fourth-order valence-corrected chi connectivity index (χ4v) is 3.67. The molecule has 3 nitrogen and oxygen atoms in total. The van der Waals surface area contributed by atoms with Gasteiger partial charge in [-0.05, 0) is 36.1 Å². The first-order valence-corrected chi connectivity index (χ1v) is 8.77. The highest BCUT2D eigenvalue weighted by Crippen LogP contribution is 2.41. The molecule has 0 heterocycles. The Balaban J connectivity index is 1.72. The predicted octanol–water partition coefficient (Wildman–Crippen LogP) is 4.00. The van der Waals surface area contributed by atoms with Crippen LogP contribution in [0.3, 0.4) is 0 Å². The molecule has 1 unspecified atom stereocenters. The summed E-state index contributed by atoms with van der Waals surface area (Å²) >= 11 is 5.98. The van der Waals surface area contributed by atoms with Crippen molar-refractivity contribution in [2.75, 3.05) is 6.54 Å². The highest BCUT2D eigenvalue weighted by molar-refractivity contribution is 6.30. The van der Waals surface area contributed by atoms with Crippen LogP contribution in [0, 0.1) is 0 Å². The molecule has 2 aromatic rings. The number of nitrogens with one attached hydrogen (secondary N) is 1. The number of hydrogen-bond acceptors (Lipinski definition) is 2. The quantitative estimate of drug-likeness (QED) is 0.862. The first kappa shape index (κ1) is 17.0. The van der Waals surface area contributed by atoms with E-state index in [9.17, 15) is 9.90 Å². The first-order valence-electron chi connectivity index (χ1n) is 8.39. The van der Waals surface area contributed by atoms with Gasteiger partial charge in [-0.1, -0.05) is 66.9 Å². The van der Waals surface area contributed by atoms with Crippen LogP contribution >= 0.6 is 11.6 Å². The Kier molecular flexibility index (Phi) is 5.22. The number of halogens is 1. The minimum Gasteiger partial charge on any atom is -0.387 e. The third-order valence-corrected chi connectivity index (χ3v) is 5.18. The molecule has 0 aromatic heterocycles. The van der Waals surface area contributed by atoms with Gasteiger partial charge in [-0.3, -0.25) is 4.79 Å². The summed E-state index contributed by atoms with van der Waals surface area (Å²) in [7, 11) is 0. The lowest BCUT2D eigenvalue weighted by Gasteiger charge is -2.29. The summed E-state index contributed by atoms with van der Waals surface area (Å²) in [6, 6.07) is 17.0. The Morgan fingerprint density at radius 2 is 1.71 bits per heavy atom. The number of carbonyl (C=O) groups is 1. The van der Waals surface area contributed by atoms with Crippen LogP contribution in [-0.4, -0.2) is 17.6 Å². The van der Waals surface area contributed by atoms with E-state index in [0.29, 0.717) is 5.02 Å². The number of amides is 1. The molecule has 1 atom stereocenters. The van der Waals surface area contributed by atoms with Crippen molar-refractivity contribution in [1.82, 2.24) is 5.32 Å². The molecule has 2 N–H and O–H groups in total. The van der Waals surface area contributed by atoms with Crippen molar-refractivity contribution in [2.45, 2.75) is 37.2 Å².